The molecule has 1 N–H and O–H groups in total. The Labute approximate surface area is 233 Å². The summed E-state index contributed by atoms with van der Waals surface area (Å²) in [7, 11) is 4.65. The summed E-state index contributed by atoms with van der Waals surface area (Å²) < 4.78 is 18.1. The number of nitrogens with one attached hydrogen (secondary N) is 1. The Bertz CT molecular complexity index is 1150. The quantitative estimate of drug-likeness (QED) is 0.180. The summed E-state index contributed by atoms with van der Waals surface area (Å²) in [5.74, 6) is 1.19. The Kier molecular flexibility index (Phi) is 12.4. The maximum absolute atomic E-state index is 13.7. The van der Waals surface area contributed by atoms with Gasteiger partial charge in [-0.3, -0.25) is 9.48 Å². The van der Waals surface area contributed by atoms with Gasteiger partial charge in [-0.15, -0.1) is 0 Å². The first-order valence-corrected chi connectivity index (χ1v) is 14.0. The Morgan fingerprint density at radius 3 is 2.18 bits per heavy atom. The SMILES string of the molecule is CCCCCCCCCC/C=C/c1cnn(C(C(=O)Nc2c(OC)cc(OC)cc2OC)c2ccccc2)c1. The number of carbonyl (C=O) groups excluding carboxylic acids is 1. The Balaban J connectivity index is 1.70. The molecule has 0 bridgehead atoms. The number of aromatic nitrogens is 2. The number of unbranched alkanes of at least 4 members (excludes halogenated alkanes) is 8. The van der Waals surface area contributed by atoms with E-state index >= 15 is 0 Å². The minimum absolute atomic E-state index is 0.263. The fourth-order valence-corrected chi connectivity index (χ4v) is 4.58. The fraction of sp³-hybridized carbons (Fsp3) is 0.438. The van der Waals surface area contributed by atoms with Gasteiger partial charge in [0.15, 0.2) is 6.04 Å². The largest absolute Gasteiger partial charge is 0.496 e. The van der Waals surface area contributed by atoms with E-state index in [1.54, 1.807) is 30.1 Å². The van der Waals surface area contributed by atoms with Crippen LogP contribution in [0.1, 0.15) is 81.9 Å². The first kappa shape index (κ1) is 29.8. The molecule has 0 radical (unpaired) electrons. The van der Waals surface area contributed by atoms with Crippen LogP contribution in [0.2, 0.25) is 0 Å². The van der Waals surface area contributed by atoms with Crippen LogP contribution in [0.5, 0.6) is 17.2 Å². The van der Waals surface area contributed by atoms with Crippen molar-refractivity contribution in [3.05, 3.63) is 72.1 Å². The van der Waals surface area contributed by atoms with E-state index in [-0.39, 0.29) is 5.91 Å². The van der Waals surface area contributed by atoms with E-state index in [9.17, 15) is 4.79 Å². The molecular formula is C32H43N3O4. The molecule has 0 aliphatic rings. The highest BCUT2D eigenvalue weighted by atomic mass is 16.5. The van der Waals surface area contributed by atoms with Crippen molar-refractivity contribution in [2.24, 2.45) is 0 Å². The summed E-state index contributed by atoms with van der Waals surface area (Å²) >= 11 is 0. The zero-order valence-electron chi connectivity index (χ0n) is 23.8. The van der Waals surface area contributed by atoms with Crippen molar-refractivity contribution in [3.8, 4) is 17.2 Å². The summed E-state index contributed by atoms with van der Waals surface area (Å²) in [5.41, 5.74) is 2.21. The van der Waals surface area contributed by atoms with Crippen LogP contribution in [0.3, 0.4) is 0 Å². The van der Waals surface area contributed by atoms with Gasteiger partial charge in [0.05, 0.1) is 27.5 Å². The highest BCUT2D eigenvalue weighted by molar-refractivity contribution is 5.98. The lowest BCUT2D eigenvalue weighted by Gasteiger charge is -2.20. The molecule has 3 rings (SSSR count). The number of amides is 1. The average molecular weight is 534 g/mol. The molecule has 1 unspecified atom stereocenters. The Hall–Kier alpha value is -3.74. The number of carbonyl (C=O) groups is 1. The van der Waals surface area contributed by atoms with Gasteiger partial charge in [-0.05, 0) is 18.4 Å². The van der Waals surface area contributed by atoms with E-state index < -0.39 is 6.04 Å². The van der Waals surface area contributed by atoms with Gasteiger partial charge in [0, 0.05) is 23.9 Å². The van der Waals surface area contributed by atoms with Crippen molar-refractivity contribution in [1.29, 1.82) is 0 Å². The Morgan fingerprint density at radius 1 is 0.923 bits per heavy atom. The third kappa shape index (κ3) is 8.91. The zero-order valence-corrected chi connectivity index (χ0v) is 23.8. The van der Waals surface area contributed by atoms with Crippen LogP contribution < -0.4 is 19.5 Å². The van der Waals surface area contributed by atoms with Crippen LogP contribution in [0.4, 0.5) is 5.69 Å². The van der Waals surface area contributed by atoms with Gasteiger partial charge in [0.1, 0.15) is 22.9 Å². The van der Waals surface area contributed by atoms with E-state index in [4.69, 9.17) is 14.2 Å². The number of benzene rings is 2. The molecule has 0 spiro atoms. The molecule has 0 aliphatic heterocycles. The molecule has 1 atom stereocenters. The highest BCUT2D eigenvalue weighted by Gasteiger charge is 2.26. The summed E-state index contributed by atoms with van der Waals surface area (Å²) in [6.45, 7) is 2.25. The molecule has 39 heavy (non-hydrogen) atoms. The topological polar surface area (TPSA) is 74.6 Å². The molecule has 0 fully saturated rings. The molecule has 3 aromatic rings. The van der Waals surface area contributed by atoms with Gasteiger partial charge in [0.25, 0.3) is 5.91 Å². The molecule has 0 saturated carbocycles. The summed E-state index contributed by atoms with van der Waals surface area (Å²) in [5, 5.41) is 7.56. The molecule has 1 aromatic heterocycles. The predicted octanol–water partition coefficient (Wildman–Crippen LogP) is 7.68. The van der Waals surface area contributed by atoms with E-state index in [1.165, 1.54) is 65.6 Å². The van der Waals surface area contributed by atoms with E-state index in [0.717, 1.165) is 17.5 Å². The molecule has 7 heteroatoms. The van der Waals surface area contributed by atoms with Crippen molar-refractivity contribution < 1.29 is 19.0 Å². The first-order chi connectivity index (χ1) is 19.1. The number of anilines is 1. The number of allylic oxidation sites excluding steroid dienone is 1. The van der Waals surface area contributed by atoms with Gasteiger partial charge in [-0.25, -0.2) is 0 Å². The number of hydrogen-bond acceptors (Lipinski definition) is 5. The van der Waals surface area contributed by atoms with Crippen LogP contribution in [0.15, 0.2) is 60.9 Å². The van der Waals surface area contributed by atoms with Crippen LogP contribution >= 0.6 is 0 Å². The lowest BCUT2D eigenvalue weighted by molar-refractivity contribution is -0.118. The molecule has 2 aromatic carbocycles. The first-order valence-electron chi connectivity index (χ1n) is 14.0. The second-order valence-electron chi connectivity index (χ2n) is 9.63. The van der Waals surface area contributed by atoms with Crippen molar-refractivity contribution in [1.82, 2.24) is 9.78 Å². The van der Waals surface area contributed by atoms with Gasteiger partial charge in [0.2, 0.25) is 0 Å². The zero-order chi connectivity index (χ0) is 27.9. The third-order valence-corrected chi connectivity index (χ3v) is 6.75. The summed E-state index contributed by atoms with van der Waals surface area (Å²) in [6, 6.07) is 12.3. The van der Waals surface area contributed by atoms with Gasteiger partial charge >= 0.3 is 0 Å². The molecule has 0 saturated heterocycles. The second-order valence-corrected chi connectivity index (χ2v) is 9.63. The van der Waals surface area contributed by atoms with Crippen LogP contribution in [-0.2, 0) is 4.79 Å². The monoisotopic (exact) mass is 533 g/mol. The predicted molar refractivity (Wildman–Crippen MR) is 158 cm³/mol. The lowest BCUT2D eigenvalue weighted by Crippen LogP contribution is -2.27. The Morgan fingerprint density at radius 2 is 1.56 bits per heavy atom. The molecular weight excluding hydrogens is 490 g/mol. The number of nitrogens with zero attached hydrogens (tertiary/aromatic N) is 2. The van der Waals surface area contributed by atoms with Crippen LogP contribution in [0, 0.1) is 0 Å². The van der Waals surface area contributed by atoms with Gasteiger partial charge in [-0.2, -0.15) is 5.10 Å². The normalized spacial score (nSPS) is 11.9. The van der Waals surface area contributed by atoms with E-state index in [1.807, 2.05) is 36.5 Å². The average Bonchev–Trinajstić information content (AvgIpc) is 3.42. The second kappa shape index (κ2) is 16.3. The minimum Gasteiger partial charge on any atom is -0.496 e. The van der Waals surface area contributed by atoms with Gasteiger partial charge < -0.3 is 19.5 Å². The van der Waals surface area contributed by atoms with Crippen LogP contribution in [-0.4, -0.2) is 37.0 Å². The van der Waals surface area contributed by atoms with E-state index in [0.29, 0.717) is 22.9 Å². The van der Waals surface area contributed by atoms with E-state index in [2.05, 4.69) is 29.5 Å². The smallest absolute Gasteiger partial charge is 0.254 e. The maximum Gasteiger partial charge on any atom is 0.254 e. The van der Waals surface area contributed by atoms with Crippen molar-refractivity contribution in [3.63, 3.8) is 0 Å². The lowest BCUT2D eigenvalue weighted by atomic mass is 10.1. The fourth-order valence-electron chi connectivity index (χ4n) is 4.58. The third-order valence-electron chi connectivity index (χ3n) is 6.75. The van der Waals surface area contributed by atoms with Crippen molar-refractivity contribution >= 4 is 17.7 Å². The molecule has 7 nitrogen and oxygen atoms in total. The number of ether oxygens (including phenoxy) is 3. The molecule has 1 amide bonds. The van der Waals surface area contributed by atoms with Crippen molar-refractivity contribution in [2.75, 3.05) is 26.6 Å². The van der Waals surface area contributed by atoms with Crippen molar-refractivity contribution in [2.45, 2.75) is 70.8 Å². The molecule has 1 heterocycles. The van der Waals surface area contributed by atoms with Crippen LogP contribution in [0.25, 0.3) is 6.08 Å². The minimum atomic E-state index is -0.683. The number of methoxy groups -OCH3 is 3. The highest BCUT2D eigenvalue weighted by Crippen LogP contribution is 2.39. The number of hydrogen-bond donors (Lipinski definition) is 1. The maximum atomic E-state index is 13.7. The standard InChI is InChI=1S/C32H43N3O4/c1-5-6-7-8-9-10-11-12-13-15-18-25-23-33-35(24-25)31(26-19-16-14-17-20-26)32(36)34-30-28(38-3)21-27(37-2)22-29(30)39-4/h14-24,31H,5-13H2,1-4H3,(H,34,36)/b18-15+. The number of rotatable bonds is 17. The summed E-state index contributed by atoms with van der Waals surface area (Å²) in [6.07, 6.45) is 19.5. The molecule has 210 valence electrons. The van der Waals surface area contributed by atoms with Gasteiger partial charge in [-0.1, -0.05) is 94.4 Å². The molecule has 0 aliphatic carbocycles. The summed E-state index contributed by atoms with van der Waals surface area (Å²) in [4.78, 5) is 13.7.